The minimum absolute atomic E-state index is 0.0385. The zero-order chi connectivity index (χ0) is 27.9. The summed E-state index contributed by atoms with van der Waals surface area (Å²) in [5.74, 6) is -0.166. The molecule has 0 unspecified atom stereocenters. The normalized spacial score (nSPS) is 11.1. The molecule has 0 aliphatic carbocycles. The van der Waals surface area contributed by atoms with Crippen molar-refractivity contribution in [1.29, 1.82) is 5.26 Å². The number of methoxy groups -OCH3 is 1. The van der Waals surface area contributed by atoms with E-state index in [4.69, 9.17) is 4.74 Å². The lowest BCUT2D eigenvalue weighted by molar-refractivity contribution is 0.104. The Bertz CT molecular complexity index is 1580. The van der Waals surface area contributed by atoms with E-state index in [9.17, 15) is 29.1 Å². The van der Waals surface area contributed by atoms with Crippen LogP contribution in [0, 0.1) is 11.3 Å². The number of phenolic OH excluding ortho intramolecular Hbond substituents is 2. The number of hydrogen-bond donors (Lipinski definition) is 2. The summed E-state index contributed by atoms with van der Waals surface area (Å²) >= 11 is 1.13. The number of pyridine rings is 1. The average molecular weight is 545 g/mol. The van der Waals surface area contributed by atoms with Crippen LogP contribution >= 0.6 is 11.8 Å². The lowest BCUT2D eigenvalue weighted by atomic mass is 10.0. The molecule has 0 bridgehead atoms. The molecule has 1 heterocycles. The molecule has 9 heteroatoms. The van der Waals surface area contributed by atoms with Crippen molar-refractivity contribution in [3.63, 3.8) is 0 Å². The molecule has 0 radical (unpaired) electrons. The van der Waals surface area contributed by atoms with E-state index in [0.29, 0.717) is 28.0 Å². The van der Waals surface area contributed by atoms with Gasteiger partial charge in [0.1, 0.15) is 34.0 Å². The minimum Gasteiger partial charge on any atom is -0.508 e. The minimum atomic E-state index is -2.81. The van der Waals surface area contributed by atoms with E-state index in [0.717, 1.165) is 17.8 Å². The van der Waals surface area contributed by atoms with Crippen LogP contribution < -0.4 is 4.74 Å². The van der Waals surface area contributed by atoms with Gasteiger partial charge in [-0.2, -0.15) is 5.26 Å². The van der Waals surface area contributed by atoms with Crippen molar-refractivity contribution in [3.8, 4) is 34.4 Å². The predicted octanol–water partition coefficient (Wildman–Crippen LogP) is 7.17. The maximum Gasteiger partial charge on any atom is 0.280 e. The van der Waals surface area contributed by atoms with E-state index in [-0.39, 0.29) is 33.4 Å². The molecule has 2 N–H and O–H groups in total. The maximum atomic E-state index is 13.7. The SMILES string of the molecule is COc1ccc(/C=C/C(=O)c2ccc(O)cc2O)cc1CSc1nc(C(F)F)cc(-c2ccccc2)c1C#N. The van der Waals surface area contributed by atoms with Gasteiger partial charge < -0.3 is 14.9 Å². The van der Waals surface area contributed by atoms with Gasteiger partial charge >= 0.3 is 0 Å². The molecule has 0 spiro atoms. The highest BCUT2D eigenvalue weighted by molar-refractivity contribution is 7.98. The van der Waals surface area contributed by atoms with Gasteiger partial charge in [-0.1, -0.05) is 42.5 Å². The summed E-state index contributed by atoms with van der Waals surface area (Å²) in [7, 11) is 1.50. The number of ether oxygens (including phenoxy) is 1. The number of aromatic hydroxyl groups is 2. The van der Waals surface area contributed by atoms with E-state index in [2.05, 4.69) is 11.1 Å². The molecule has 4 rings (SSSR count). The molecule has 0 atom stereocenters. The fraction of sp³-hybridized carbons (Fsp3) is 0.100. The quantitative estimate of drug-likeness (QED) is 0.131. The fourth-order valence-electron chi connectivity index (χ4n) is 3.86. The lowest BCUT2D eigenvalue weighted by Gasteiger charge is -2.13. The number of carbonyl (C=O) groups excluding carboxylic acids is 1. The van der Waals surface area contributed by atoms with Crippen LogP contribution in [-0.2, 0) is 5.75 Å². The third-order valence-corrected chi connectivity index (χ3v) is 6.79. The van der Waals surface area contributed by atoms with E-state index in [1.165, 1.54) is 31.4 Å². The first-order valence-corrected chi connectivity index (χ1v) is 12.6. The monoisotopic (exact) mass is 544 g/mol. The van der Waals surface area contributed by atoms with Gasteiger partial charge in [0.15, 0.2) is 5.78 Å². The first-order valence-electron chi connectivity index (χ1n) is 11.6. The summed E-state index contributed by atoms with van der Waals surface area (Å²) in [5.41, 5.74) is 2.17. The van der Waals surface area contributed by atoms with Crippen LogP contribution in [0.1, 0.15) is 39.2 Å². The van der Waals surface area contributed by atoms with Gasteiger partial charge in [-0.3, -0.25) is 4.79 Å². The number of thioether (sulfide) groups is 1. The van der Waals surface area contributed by atoms with Crippen molar-refractivity contribution in [2.24, 2.45) is 0 Å². The van der Waals surface area contributed by atoms with Crippen LogP contribution in [0.4, 0.5) is 8.78 Å². The van der Waals surface area contributed by atoms with Crippen molar-refractivity contribution in [3.05, 3.63) is 107 Å². The number of hydrogen-bond acceptors (Lipinski definition) is 7. The molecule has 0 amide bonds. The highest BCUT2D eigenvalue weighted by Gasteiger charge is 2.20. The number of ketones is 1. The second kappa shape index (κ2) is 12.2. The molecule has 4 aromatic rings. The molecular formula is C30H22F2N2O4S. The molecule has 196 valence electrons. The van der Waals surface area contributed by atoms with Crippen LogP contribution in [0.2, 0.25) is 0 Å². The lowest BCUT2D eigenvalue weighted by Crippen LogP contribution is -2.00. The van der Waals surface area contributed by atoms with Gasteiger partial charge in [-0.15, -0.1) is 11.8 Å². The number of allylic oxidation sites excluding steroid dienone is 1. The third kappa shape index (κ3) is 6.43. The summed E-state index contributed by atoms with van der Waals surface area (Å²) in [6, 6.07) is 21.1. The van der Waals surface area contributed by atoms with Crippen molar-refractivity contribution in [2.75, 3.05) is 7.11 Å². The molecule has 0 saturated carbocycles. The van der Waals surface area contributed by atoms with Gasteiger partial charge in [0.2, 0.25) is 0 Å². The Morgan fingerprint density at radius 3 is 2.54 bits per heavy atom. The Hall–Kier alpha value is -4.68. The van der Waals surface area contributed by atoms with Crippen LogP contribution in [0.25, 0.3) is 17.2 Å². The van der Waals surface area contributed by atoms with Crippen molar-refractivity contribution in [1.82, 2.24) is 4.98 Å². The topological polar surface area (TPSA) is 103 Å². The molecule has 6 nitrogen and oxygen atoms in total. The highest BCUT2D eigenvalue weighted by Crippen LogP contribution is 2.36. The largest absolute Gasteiger partial charge is 0.508 e. The molecule has 1 aromatic heterocycles. The van der Waals surface area contributed by atoms with E-state index in [1.54, 1.807) is 54.6 Å². The molecule has 3 aromatic carbocycles. The fourth-order valence-corrected chi connectivity index (χ4v) is 4.85. The van der Waals surface area contributed by atoms with E-state index >= 15 is 0 Å². The summed E-state index contributed by atoms with van der Waals surface area (Å²) in [6.07, 6.45) is 0.0398. The number of nitrogens with zero attached hydrogens (tertiary/aromatic N) is 2. The van der Waals surface area contributed by atoms with Crippen LogP contribution in [0.3, 0.4) is 0 Å². The number of rotatable bonds is 9. The number of benzene rings is 3. The Labute approximate surface area is 227 Å². The number of halogens is 2. The Balaban J connectivity index is 1.63. The van der Waals surface area contributed by atoms with Gasteiger partial charge in [0.25, 0.3) is 6.43 Å². The first-order chi connectivity index (χ1) is 18.8. The van der Waals surface area contributed by atoms with Crippen LogP contribution in [0.5, 0.6) is 17.2 Å². The molecule has 39 heavy (non-hydrogen) atoms. The number of aromatic nitrogens is 1. The molecule has 0 fully saturated rings. The maximum absolute atomic E-state index is 13.7. The van der Waals surface area contributed by atoms with Crippen LogP contribution in [0.15, 0.2) is 83.9 Å². The Kier molecular flexibility index (Phi) is 8.59. The molecular weight excluding hydrogens is 522 g/mol. The number of phenols is 2. The number of nitriles is 1. The van der Waals surface area contributed by atoms with Crippen LogP contribution in [-0.4, -0.2) is 28.1 Å². The van der Waals surface area contributed by atoms with Gasteiger partial charge in [-0.25, -0.2) is 13.8 Å². The smallest absolute Gasteiger partial charge is 0.280 e. The van der Waals surface area contributed by atoms with Crippen molar-refractivity contribution < 1.29 is 28.5 Å². The first kappa shape index (κ1) is 27.4. The van der Waals surface area contributed by atoms with Gasteiger partial charge in [0.05, 0.1) is 18.2 Å². The molecule has 0 aliphatic heterocycles. The van der Waals surface area contributed by atoms with E-state index in [1.807, 2.05) is 0 Å². The molecule has 0 saturated heterocycles. The standard InChI is InChI=1S/C30H22F2N2O4S/c1-38-28-12-8-18(7-11-26(36)22-10-9-21(35)14-27(22)37)13-20(28)17-39-30-24(16-33)23(15-25(34-30)29(31)32)19-5-3-2-4-6-19/h2-15,29,35,37H,17H2,1H3/b11-7+. The Morgan fingerprint density at radius 1 is 1.10 bits per heavy atom. The highest BCUT2D eigenvalue weighted by atomic mass is 32.2. The van der Waals surface area contributed by atoms with Crippen molar-refractivity contribution in [2.45, 2.75) is 17.2 Å². The molecule has 0 aliphatic rings. The number of alkyl halides is 2. The van der Waals surface area contributed by atoms with Crippen molar-refractivity contribution >= 4 is 23.6 Å². The third-order valence-electron chi connectivity index (χ3n) is 5.77. The van der Waals surface area contributed by atoms with E-state index < -0.39 is 17.9 Å². The predicted molar refractivity (Wildman–Crippen MR) is 145 cm³/mol. The summed E-state index contributed by atoms with van der Waals surface area (Å²) in [4.78, 5) is 16.6. The summed E-state index contributed by atoms with van der Waals surface area (Å²) in [6.45, 7) is 0. The van der Waals surface area contributed by atoms with Gasteiger partial charge in [-0.05, 0) is 47.5 Å². The second-order valence-electron chi connectivity index (χ2n) is 8.31. The Morgan fingerprint density at radius 2 is 1.87 bits per heavy atom. The zero-order valence-electron chi connectivity index (χ0n) is 20.6. The number of carbonyl (C=O) groups is 1. The zero-order valence-corrected chi connectivity index (χ0v) is 21.5. The second-order valence-corrected chi connectivity index (χ2v) is 9.28. The summed E-state index contributed by atoms with van der Waals surface area (Å²) < 4.78 is 32.8. The van der Waals surface area contributed by atoms with Gasteiger partial charge in [0, 0.05) is 22.9 Å². The average Bonchev–Trinajstić information content (AvgIpc) is 2.94. The summed E-state index contributed by atoms with van der Waals surface area (Å²) in [5, 5.41) is 29.4.